The maximum absolute atomic E-state index is 12.4. The quantitative estimate of drug-likeness (QED) is 0.888. The summed E-state index contributed by atoms with van der Waals surface area (Å²) in [6.45, 7) is 3.77. The van der Waals surface area contributed by atoms with E-state index in [1.165, 1.54) is 16.7 Å². The number of hydrogen-bond donors (Lipinski definition) is 1. The van der Waals surface area contributed by atoms with Gasteiger partial charge in [0.05, 0.1) is 5.37 Å². The van der Waals surface area contributed by atoms with E-state index in [9.17, 15) is 9.59 Å². The molecular formula is C13H15NO3S. The number of aryl methyl sites for hydroxylation is 1. The second-order valence-electron chi connectivity index (χ2n) is 4.37. The van der Waals surface area contributed by atoms with Gasteiger partial charge in [0.15, 0.2) is 0 Å². The van der Waals surface area contributed by atoms with Crippen molar-refractivity contribution in [1.29, 1.82) is 0 Å². The van der Waals surface area contributed by atoms with E-state index in [4.69, 9.17) is 5.11 Å². The highest BCUT2D eigenvalue weighted by Gasteiger charge is 2.39. The van der Waals surface area contributed by atoms with Gasteiger partial charge in [0.25, 0.3) is 5.91 Å². The number of carboxylic acid groups (broad SMARTS) is 1. The Kier molecular flexibility index (Phi) is 3.61. The van der Waals surface area contributed by atoms with Gasteiger partial charge in [0, 0.05) is 11.3 Å². The number of benzene rings is 1. The van der Waals surface area contributed by atoms with Crippen LogP contribution >= 0.6 is 11.8 Å². The van der Waals surface area contributed by atoms with Crippen LogP contribution < -0.4 is 0 Å². The van der Waals surface area contributed by atoms with Crippen molar-refractivity contribution in [1.82, 2.24) is 4.90 Å². The second-order valence-corrected chi connectivity index (χ2v) is 5.72. The Balaban J connectivity index is 2.29. The predicted molar refractivity (Wildman–Crippen MR) is 70.7 cm³/mol. The summed E-state index contributed by atoms with van der Waals surface area (Å²) in [5.41, 5.74) is 1.54. The van der Waals surface area contributed by atoms with Gasteiger partial charge >= 0.3 is 5.97 Å². The van der Waals surface area contributed by atoms with E-state index in [1.54, 1.807) is 12.1 Å². The monoisotopic (exact) mass is 265 g/mol. The van der Waals surface area contributed by atoms with Gasteiger partial charge in [-0.2, -0.15) is 0 Å². The van der Waals surface area contributed by atoms with Crippen molar-refractivity contribution in [2.24, 2.45) is 0 Å². The minimum Gasteiger partial charge on any atom is -0.480 e. The van der Waals surface area contributed by atoms with Crippen molar-refractivity contribution >= 4 is 23.6 Å². The molecular weight excluding hydrogens is 250 g/mol. The van der Waals surface area contributed by atoms with Gasteiger partial charge in [0.2, 0.25) is 0 Å². The van der Waals surface area contributed by atoms with Crippen LogP contribution in [0.5, 0.6) is 0 Å². The first-order valence-corrected chi connectivity index (χ1v) is 6.79. The van der Waals surface area contributed by atoms with E-state index in [-0.39, 0.29) is 11.3 Å². The van der Waals surface area contributed by atoms with Crippen LogP contribution in [0, 0.1) is 6.92 Å². The first-order chi connectivity index (χ1) is 8.50. The van der Waals surface area contributed by atoms with Gasteiger partial charge in [-0.3, -0.25) is 4.79 Å². The summed E-state index contributed by atoms with van der Waals surface area (Å²) in [6, 6.07) is 6.51. The fraction of sp³-hybridized carbons (Fsp3) is 0.385. The summed E-state index contributed by atoms with van der Waals surface area (Å²) in [7, 11) is 0. The predicted octanol–water partition coefficient (Wildman–Crippen LogP) is 1.98. The topological polar surface area (TPSA) is 57.6 Å². The highest BCUT2D eigenvalue weighted by Crippen LogP contribution is 2.30. The fourth-order valence-corrected chi connectivity index (χ4v) is 3.24. The van der Waals surface area contributed by atoms with Crippen LogP contribution in [0.25, 0.3) is 0 Å². The molecule has 18 heavy (non-hydrogen) atoms. The highest BCUT2D eigenvalue weighted by molar-refractivity contribution is 8.00. The van der Waals surface area contributed by atoms with Crippen LogP contribution in [-0.2, 0) is 4.79 Å². The molecule has 1 aliphatic heterocycles. The minimum atomic E-state index is -0.937. The molecule has 0 spiro atoms. The number of nitrogens with zero attached hydrogens (tertiary/aromatic N) is 1. The third-order valence-electron chi connectivity index (χ3n) is 3.01. The molecule has 1 N–H and O–H groups in total. The number of thioether (sulfide) groups is 1. The lowest BCUT2D eigenvalue weighted by atomic mass is 10.1. The Hall–Kier alpha value is -1.49. The first kappa shape index (κ1) is 13.0. The largest absolute Gasteiger partial charge is 0.480 e. The molecule has 1 aromatic carbocycles. The summed E-state index contributed by atoms with van der Waals surface area (Å²) < 4.78 is 0. The molecule has 2 unspecified atom stereocenters. The number of rotatable bonds is 2. The van der Waals surface area contributed by atoms with Crippen molar-refractivity contribution in [2.75, 3.05) is 5.75 Å². The molecule has 1 saturated heterocycles. The van der Waals surface area contributed by atoms with Gasteiger partial charge in [-0.15, -0.1) is 11.8 Å². The smallest absolute Gasteiger partial charge is 0.327 e. The minimum absolute atomic E-state index is 0.0980. The molecule has 0 saturated carbocycles. The Morgan fingerprint density at radius 1 is 1.44 bits per heavy atom. The van der Waals surface area contributed by atoms with Crippen LogP contribution in [0.3, 0.4) is 0 Å². The molecule has 1 amide bonds. The van der Waals surface area contributed by atoms with Crippen molar-refractivity contribution in [2.45, 2.75) is 25.3 Å². The standard InChI is InChI=1S/C13H15NO3S/c1-8-4-3-5-10(6-8)12(15)14-9(2)18-7-11(14)13(16)17/h3-6,9,11H,7H2,1-2H3,(H,16,17). The third-order valence-corrected chi connectivity index (χ3v) is 4.23. The molecule has 1 aromatic rings. The zero-order valence-corrected chi connectivity index (χ0v) is 11.1. The molecule has 0 aliphatic carbocycles. The second kappa shape index (κ2) is 5.02. The highest BCUT2D eigenvalue weighted by atomic mass is 32.2. The van der Waals surface area contributed by atoms with Gasteiger partial charge in [-0.05, 0) is 26.0 Å². The average molecular weight is 265 g/mol. The third kappa shape index (κ3) is 2.36. The Labute approximate surface area is 110 Å². The fourth-order valence-electron chi connectivity index (χ4n) is 2.07. The van der Waals surface area contributed by atoms with E-state index in [0.717, 1.165) is 5.56 Å². The molecule has 0 aromatic heterocycles. The molecule has 2 rings (SSSR count). The molecule has 96 valence electrons. The van der Waals surface area contributed by atoms with Crippen LogP contribution in [0.1, 0.15) is 22.8 Å². The van der Waals surface area contributed by atoms with Crippen molar-refractivity contribution < 1.29 is 14.7 Å². The summed E-state index contributed by atoms with van der Waals surface area (Å²) in [5, 5.41) is 9.05. The summed E-state index contributed by atoms with van der Waals surface area (Å²) in [6.07, 6.45) is 0. The molecule has 1 aliphatic rings. The van der Waals surface area contributed by atoms with Crippen LogP contribution in [-0.4, -0.2) is 39.1 Å². The number of carbonyl (C=O) groups excluding carboxylic acids is 1. The van der Waals surface area contributed by atoms with E-state index >= 15 is 0 Å². The van der Waals surface area contributed by atoms with Gasteiger partial charge in [-0.1, -0.05) is 17.7 Å². The lowest BCUT2D eigenvalue weighted by Crippen LogP contribution is -2.44. The number of carbonyl (C=O) groups is 2. The maximum atomic E-state index is 12.4. The summed E-state index contributed by atoms with van der Waals surface area (Å²) in [5.74, 6) is -0.690. The molecule has 0 radical (unpaired) electrons. The molecule has 2 atom stereocenters. The molecule has 5 heteroatoms. The normalized spacial score (nSPS) is 23.1. The van der Waals surface area contributed by atoms with Crippen molar-refractivity contribution in [3.05, 3.63) is 35.4 Å². The van der Waals surface area contributed by atoms with E-state index in [0.29, 0.717) is 11.3 Å². The van der Waals surface area contributed by atoms with Crippen LogP contribution in [0.4, 0.5) is 0 Å². The lowest BCUT2D eigenvalue weighted by Gasteiger charge is -2.25. The van der Waals surface area contributed by atoms with Crippen molar-refractivity contribution in [3.63, 3.8) is 0 Å². The van der Waals surface area contributed by atoms with E-state index in [2.05, 4.69) is 0 Å². The van der Waals surface area contributed by atoms with Crippen LogP contribution in [0.2, 0.25) is 0 Å². The number of carboxylic acids is 1. The Morgan fingerprint density at radius 2 is 2.17 bits per heavy atom. The number of aliphatic carboxylic acids is 1. The van der Waals surface area contributed by atoms with Crippen molar-refractivity contribution in [3.8, 4) is 0 Å². The zero-order chi connectivity index (χ0) is 13.3. The number of hydrogen-bond acceptors (Lipinski definition) is 3. The Bertz CT molecular complexity index is 489. The summed E-state index contributed by atoms with van der Waals surface area (Å²) >= 11 is 1.49. The van der Waals surface area contributed by atoms with E-state index in [1.807, 2.05) is 26.0 Å². The van der Waals surface area contributed by atoms with Gasteiger partial charge in [0.1, 0.15) is 6.04 Å². The summed E-state index contributed by atoms with van der Waals surface area (Å²) in [4.78, 5) is 25.0. The lowest BCUT2D eigenvalue weighted by molar-refractivity contribution is -0.141. The molecule has 1 fully saturated rings. The Morgan fingerprint density at radius 3 is 2.78 bits per heavy atom. The van der Waals surface area contributed by atoms with E-state index < -0.39 is 12.0 Å². The molecule has 1 heterocycles. The molecule has 0 bridgehead atoms. The van der Waals surface area contributed by atoms with Gasteiger partial charge < -0.3 is 10.0 Å². The SMILES string of the molecule is Cc1cccc(C(=O)N2C(C)SCC2C(=O)O)c1. The maximum Gasteiger partial charge on any atom is 0.327 e. The average Bonchev–Trinajstić information content (AvgIpc) is 2.70. The molecule has 4 nitrogen and oxygen atoms in total. The van der Waals surface area contributed by atoms with Crippen LogP contribution in [0.15, 0.2) is 24.3 Å². The van der Waals surface area contributed by atoms with Gasteiger partial charge in [-0.25, -0.2) is 4.79 Å². The number of amides is 1. The first-order valence-electron chi connectivity index (χ1n) is 5.74. The zero-order valence-electron chi connectivity index (χ0n) is 10.3.